The second kappa shape index (κ2) is 7.07. The fourth-order valence-corrected chi connectivity index (χ4v) is 2.03. The van der Waals surface area contributed by atoms with Gasteiger partial charge < -0.3 is 5.32 Å². The second-order valence-corrected chi connectivity index (χ2v) is 5.20. The fourth-order valence-electron chi connectivity index (χ4n) is 2.03. The molecule has 1 heterocycles. The number of aromatic nitrogens is 1. The largest absolute Gasteiger partial charge is 0.344 e. The summed E-state index contributed by atoms with van der Waals surface area (Å²) in [5.41, 5.74) is 2.83. The summed E-state index contributed by atoms with van der Waals surface area (Å²) < 4.78 is 0. The van der Waals surface area contributed by atoms with E-state index in [0.29, 0.717) is 5.92 Å². The number of carbonyl (C=O) groups is 1. The van der Waals surface area contributed by atoms with E-state index in [-0.39, 0.29) is 11.9 Å². The predicted octanol–water partition coefficient (Wildman–Crippen LogP) is 3.56. The van der Waals surface area contributed by atoms with Gasteiger partial charge in [-0.2, -0.15) is 0 Å². The average Bonchev–Trinajstić information content (AvgIpc) is 2.36. The number of pyridine rings is 1. The molecule has 0 unspecified atom stereocenters. The van der Waals surface area contributed by atoms with Crippen molar-refractivity contribution in [3.05, 3.63) is 41.2 Å². The Labute approximate surface area is 116 Å². The number of aryl methyl sites for hydroxylation is 1. The molecule has 104 valence electrons. The highest BCUT2D eigenvalue weighted by Crippen LogP contribution is 2.22. The van der Waals surface area contributed by atoms with Crippen molar-refractivity contribution in [3.63, 3.8) is 0 Å². The molecule has 0 saturated carbocycles. The second-order valence-electron chi connectivity index (χ2n) is 5.20. The lowest BCUT2D eigenvalue weighted by Crippen LogP contribution is -2.33. The van der Waals surface area contributed by atoms with Crippen molar-refractivity contribution in [3.8, 4) is 0 Å². The van der Waals surface area contributed by atoms with Gasteiger partial charge in [0, 0.05) is 11.8 Å². The zero-order valence-corrected chi connectivity index (χ0v) is 12.5. The first kappa shape index (κ1) is 15.4. The Morgan fingerprint density at radius 3 is 2.68 bits per heavy atom. The molecule has 0 fully saturated rings. The van der Waals surface area contributed by atoms with Crippen LogP contribution in [0.2, 0.25) is 0 Å². The Balaban J connectivity index is 2.95. The summed E-state index contributed by atoms with van der Waals surface area (Å²) in [5, 5.41) is 3.09. The van der Waals surface area contributed by atoms with Crippen molar-refractivity contribution in [2.24, 2.45) is 5.92 Å². The standard InChI is InChI=1S/C16H24N2O/c1-6-8-13(5)16(19)18-14(11(2)3)15-12(4)9-7-10-17-15/h7-11,14H,6H2,1-5H3,(H,18,19)/b13-8+/t14-/m1/s1. The summed E-state index contributed by atoms with van der Waals surface area (Å²) in [4.78, 5) is 16.5. The van der Waals surface area contributed by atoms with Gasteiger partial charge in [-0.1, -0.05) is 32.9 Å². The number of nitrogens with zero attached hydrogens (tertiary/aromatic N) is 1. The average molecular weight is 260 g/mol. The molecule has 0 bridgehead atoms. The molecule has 3 nitrogen and oxygen atoms in total. The Kier molecular flexibility index (Phi) is 5.74. The highest BCUT2D eigenvalue weighted by atomic mass is 16.1. The van der Waals surface area contributed by atoms with Crippen LogP contribution in [0.25, 0.3) is 0 Å². The van der Waals surface area contributed by atoms with E-state index in [4.69, 9.17) is 0 Å². The number of hydrogen-bond acceptors (Lipinski definition) is 2. The highest BCUT2D eigenvalue weighted by Gasteiger charge is 2.21. The van der Waals surface area contributed by atoms with Crippen LogP contribution in [0.5, 0.6) is 0 Å². The minimum atomic E-state index is -0.0473. The molecule has 1 atom stereocenters. The van der Waals surface area contributed by atoms with Crippen LogP contribution in [-0.2, 0) is 4.79 Å². The number of hydrogen-bond donors (Lipinski definition) is 1. The summed E-state index contributed by atoms with van der Waals surface area (Å²) in [6.45, 7) is 10.1. The van der Waals surface area contributed by atoms with E-state index in [1.54, 1.807) is 6.20 Å². The van der Waals surface area contributed by atoms with Gasteiger partial charge in [-0.25, -0.2) is 0 Å². The first-order chi connectivity index (χ1) is 8.97. The quantitative estimate of drug-likeness (QED) is 0.822. The van der Waals surface area contributed by atoms with E-state index in [2.05, 4.69) is 24.1 Å². The number of amides is 1. The summed E-state index contributed by atoms with van der Waals surface area (Å²) in [6.07, 6.45) is 4.59. The molecule has 0 spiro atoms. The third kappa shape index (κ3) is 4.19. The molecule has 1 N–H and O–H groups in total. The molecule has 0 aliphatic heterocycles. The molecule has 1 amide bonds. The van der Waals surface area contributed by atoms with Crippen LogP contribution in [-0.4, -0.2) is 10.9 Å². The van der Waals surface area contributed by atoms with Crippen LogP contribution in [0.3, 0.4) is 0 Å². The van der Waals surface area contributed by atoms with Crippen LogP contribution in [0.4, 0.5) is 0 Å². The number of carbonyl (C=O) groups excluding carboxylic acids is 1. The van der Waals surface area contributed by atoms with Crippen LogP contribution in [0.15, 0.2) is 30.0 Å². The molecule has 0 aliphatic carbocycles. The molecule has 1 rings (SSSR count). The molecule has 19 heavy (non-hydrogen) atoms. The lowest BCUT2D eigenvalue weighted by atomic mass is 9.97. The van der Waals surface area contributed by atoms with Crippen molar-refractivity contribution in [2.75, 3.05) is 0 Å². The predicted molar refractivity (Wildman–Crippen MR) is 78.7 cm³/mol. The monoisotopic (exact) mass is 260 g/mol. The van der Waals surface area contributed by atoms with E-state index in [1.165, 1.54) is 0 Å². The Hall–Kier alpha value is -1.64. The summed E-state index contributed by atoms with van der Waals surface area (Å²) in [5.74, 6) is 0.289. The lowest BCUT2D eigenvalue weighted by molar-refractivity contribution is -0.118. The van der Waals surface area contributed by atoms with Crippen LogP contribution < -0.4 is 5.32 Å². The highest BCUT2D eigenvalue weighted by molar-refractivity contribution is 5.93. The maximum atomic E-state index is 12.1. The Morgan fingerprint density at radius 2 is 2.16 bits per heavy atom. The van der Waals surface area contributed by atoms with E-state index in [1.807, 2.05) is 39.0 Å². The van der Waals surface area contributed by atoms with Crippen LogP contribution in [0.1, 0.15) is 51.4 Å². The van der Waals surface area contributed by atoms with Crippen LogP contribution >= 0.6 is 0 Å². The lowest BCUT2D eigenvalue weighted by Gasteiger charge is -2.23. The van der Waals surface area contributed by atoms with E-state index in [9.17, 15) is 4.79 Å². The van der Waals surface area contributed by atoms with Crippen molar-refractivity contribution in [1.29, 1.82) is 0 Å². The van der Waals surface area contributed by atoms with Gasteiger partial charge in [0.05, 0.1) is 11.7 Å². The Bertz CT molecular complexity index is 464. The smallest absolute Gasteiger partial charge is 0.247 e. The Morgan fingerprint density at radius 1 is 1.47 bits per heavy atom. The fraction of sp³-hybridized carbons (Fsp3) is 0.500. The van der Waals surface area contributed by atoms with Gasteiger partial charge in [0.25, 0.3) is 0 Å². The molecule has 3 heteroatoms. The van der Waals surface area contributed by atoms with Crippen molar-refractivity contribution in [2.45, 2.75) is 47.1 Å². The summed E-state index contributed by atoms with van der Waals surface area (Å²) in [6, 6.07) is 3.90. The van der Waals surface area contributed by atoms with Crippen LogP contribution in [0, 0.1) is 12.8 Å². The summed E-state index contributed by atoms with van der Waals surface area (Å²) >= 11 is 0. The minimum absolute atomic E-state index is 0.00870. The minimum Gasteiger partial charge on any atom is -0.344 e. The zero-order valence-electron chi connectivity index (χ0n) is 12.5. The molecule has 1 aromatic rings. The molecule has 1 aromatic heterocycles. The SMILES string of the molecule is CC/C=C(\C)C(=O)N[C@@H](c1ncccc1C)C(C)C. The van der Waals surface area contributed by atoms with Gasteiger partial charge in [0.2, 0.25) is 5.91 Å². The maximum Gasteiger partial charge on any atom is 0.247 e. The third-order valence-corrected chi connectivity index (χ3v) is 3.17. The van der Waals surface area contributed by atoms with Crippen molar-refractivity contribution in [1.82, 2.24) is 10.3 Å². The van der Waals surface area contributed by atoms with E-state index >= 15 is 0 Å². The van der Waals surface area contributed by atoms with Gasteiger partial charge in [0.1, 0.15) is 0 Å². The third-order valence-electron chi connectivity index (χ3n) is 3.17. The molecular weight excluding hydrogens is 236 g/mol. The summed E-state index contributed by atoms with van der Waals surface area (Å²) in [7, 11) is 0. The van der Waals surface area contributed by atoms with E-state index in [0.717, 1.165) is 23.3 Å². The first-order valence-electron chi connectivity index (χ1n) is 6.86. The molecule has 0 saturated heterocycles. The van der Waals surface area contributed by atoms with Gasteiger partial charge in [0.15, 0.2) is 0 Å². The van der Waals surface area contributed by atoms with Crippen molar-refractivity contribution < 1.29 is 4.79 Å². The maximum absolute atomic E-state index is 12.1. The first-order valence-corrected chi connectivity index (χ1v) is 6.86. The van der Waals surface area contributed by atoms with Crippen molar-refractivity contribution >= 4 is 5.91 Å². The van der Waals surface area contributed by atoms with Gasteiger partial charge in [-0.3, -0.25) is 9.78 Å². The number of rotatable bonds is 5. The topological polar surface area (TPSA) is 42.0 Å². The number of nitrogens with one attached hydrogen (secondary N) is 1. The molecule has 0 aromatic carbocycles. The molecule has 0 radical (unpaired) electrons. The molecule has 0 aliphatic rings. The normalized spacial score (nSPS) is 13.5. The molecular formula is C16H24N2O. The van der Waals surface area contributed by atoms with Gasteiger partial charge in [-0.05, 0) is 37.8 Å². The van der Waals surface area contributed by atoms with E-state index < -0.39 is 0 Å². The van der Waals surface area contributed by atoms with Gasteiger partial charge in [-0.15, -0.1) is 0 Å². The zero-order chi connectivity index (χ0) is 14.4. The number of allylic oxidation sites excluding steroid dienone is 1. The van der Waals surface area contributed by atoms with Gasteiger partial charge >= 0.3 is 0 Å².